The minimum absolute atomic E-state index is 0.580. The Hall–Kier alpha value is -1.55. The molecular formula is C13H19N3O. The molecule has 0 amide bonds. The van der Waals surface area contributed by atoms with Gasteiger partial charge in [-0.1, -0.05) is 25.1 Å². The van der Waals surface area contributed by atoms with Gasteiger partial charge in [0, 0.05) is 6.07 Å². The fourth-order valence-electron chi connectivity index (χ4n) is 2.01. The number of anilines is 1. The molecule has 2 atom stereocenters. The topological polar surface area (TPSA) is 60.2 Å². The molecular weight excluding hydrogens is 214 g/mol. The van der Waals surface area contributed by atoms with E-state index in [0.29, 0.717) is 30.1 Å². The molecule has 1 aliphatic rings. The molecule has 0 saturated heterocycles. The third kappa shape index (κ3) is 3.20. The predicted molar refractivity (Wildman–Crippen MR) is 68.6 cm³/mol. The average Bonchev–Trinajstić information content (AvgIpc) is 2.38. The molecule has 1 aromatic rings. The molecule has 0 bridgehead atoms. The number of nitrogen functional groups attached to an aromatic ring is 1. The Morgan fingerprint density at radius 1 is 1.41 bits per heavy atom. The highest BCUT2D eigenvalue weighted by Gasteiger charge is 2.18. The van der Waals surface area contributed by atoms with Crippen molar-refractivity contribution in [2.24, 2.45) is 17.7 Å². The number of hydrogen-bond donors (Lipinski definition) is 2. The van der Waals surface area contributed by atoms with E-state index in [1.807, 2.05) is 12.1 Å². The molecule has 4 heteroatoms. The number of ether oxygens (including phenoxy) is 1. The quantitative estimate of drug-likeness (QED) is 0.476. The highest BCUT2D eigenvalue weighted by atomic mass is 16.5. The second-order valence-corrected chi connectivity index (χ2v) is 4.50. The van der Waals surface area contributed by atoms with E-state index in [4.69, 9.17) is 10.6 Å². The van der Waals surface area contributed by atoms with Crippen LogP contribution in [0.5, 0.6) is 5.88 Å². The van der Waals surface area contributed by atoms with Crippen molar-refractivity contribution in [3.8, 4) is 5.88 Å². The number of hydrogen-bond acceptors (Lipinski definition) is 4. The van der Waals surface area contributed by atoms with E-state index in [1.165, 1.54) is 0 Å². The van der Waals surface area contributed by atoms with Crippen LogP contribution in [0.1, 0.15) is 19.8 Å². The summed E-state index contributed by atoms with van der Waals surface area (Å²) in [6.45, 7) is 2.98. The van der Waals surface area contributed by atoms with Crippen LogP contribution < -0.4 is 16.0 Å². The van der Waals surface area contributed by atoms with Crippen molar-refractivity contribution < 1.29 is 4.74 Å². The van der Waals surface area contributed by atoms with E-state index in [0.717, 1.165) is 12.8 Å². The number of rotatable bonds is 4. The first-order chi connectivity index (χ1) is 8.29. The van der Waals surface area contributed by atoms with Crippen LogP contribution in [0.2, 0.25) is 0 Å². The summed E-state index contributed by atoms with van der Waals surface area (Å²) in [5.41, 5.74) is 2.51. The lowest BCUT2D eigenvalue weighted by Crippen LogP contribution is -2.21. The maximum atomic E-state index is 5.72. The van der Waals surface area contributed by atoms with E-state index in [-0.39, 0.29) is 0 Å². The molecule has 17 heavy (non-hydrogen) atoms. The smallest absolute Gasteiger partial charge is 0.215 e. The molecule has 3 N–H and O–H groups in total. The number of nitrogens with one attached hydrogen (secondary N) is 1. The van der Waals surface area contributed by atoms with E-state index in [9.17, 15) is 0 Å². The number of pyridine rings is 1. The second kappa shape index (κ2) is 5.68. The molecule has 0 aliphatic heterocycles. The van der Waals surface area contributed by atoms with Crippen molar-refractivity contribution in [1.82, 2.24) is 4.98 Å². The van der Waals surface area contributed by atoms with Crippen molar-refractivity contribution in [2.75, 3.05) is 12.0 Å². The monoisotopic (exact) mass is 233 g/mol. The molecule has 92 valence electrons. The first-order valence-electron chi connectivity index (χ1n) is 6.01. The van der Waals surface area contributed by atoms with Crippen molar-refractivity contribution in [3.63, 3.8) is 0 Å². The molecule has 1 heterocycles. The number of nitrogens with zero attached hydrogens (tertiary/aromatic N) is 1. The minimum atomic E-state index is 0.580. The summed E-state index contributed by atoms with van der Waals surface area (Å²) in [5, 5.41) is 0. The Bertz CT molecular complexity index is 392. The largest absolute Gasteiger partial charge is 0.477 e. The van der Waals surface area contributed by atoms with Crippen molar-refractivity contribution in [1.29, 1.82) is 0 Å². The van der Waals surface area contributed by atoms with Gasteiger partial charge in [0.15, 0.2) is 0 Å². The van der Waals surface area contributed by atoms with Gasteiger partial charge in [-0.15, -0.1) is 0 Å². The van der Waals surface area contributed by atoms with Gasteiger partial charge in [-0.25, -0.2) is 5.84 Å². The Labute approximate surface area is 102 Å². The molecule has 1 aromatic heterocycles. The maximum absolute atomic E-state index is 5.72. The highest BCUT2D eigenvalue weighted by molar-refractivity contribution is 5.35. The summed E-state index contributed by atoms with van der Waals surface area (Å²) in [6.07, 6.45) is 6.72. The third-order valence-electron chi connectivity index (χ3n) is 3.23. The Balaban J connectivity index is 1.90. The summed E-state index contributed by atoms with van der Waals surface area (Å²) >= 11 is 0. The van der Waals surface area contributed by atoms with Crippen LogP contribution in [-0.4, -0.2) is 11.6 Å². The van der Waals surface area contributed by atoms with Crippen LogP contribution in [0.3, 0.4) is 0 Å². The molecule has 0 radical (unpaired) electrons. The second-order valence-electron chi connectivity index (χ2n) is 4.50. The molecule has 0 aromatic carbocycles. The van der Waals surface area contributed by atoms with E-state index < -0.39 is 0 Å². The Morgan fingerprint density at radius 3 is 3.00 bits per heavy atom. The molecule has 0 fully saturated rings. The summed E-state index contributed by atoms with van der Waals surface area (Å²) in [6, 6.07) is 5.53. The van der Waals surface area contributed by atoms with Crippen molar-refractivity contribution in [3.05, 3.63) is 30.4 Å². The first kappa shape index (κ1) is 11.9. The maximum Gasteiger partial charge on any atom is 0.215 e. The van der Waals surface area contributed by atoms with Gasteiger partial charge in [-0.2, -0.15) is 4.98 Å². The highest BCUT2D eigenvalue weighted by Crippen LogP contribution is 2.25. The van der Waals surface area contributed by atoms with Crippen LogP contribution >= 0.6 is 0 Å². The predicted octanol–water partition coefficient (Wildman–Crippen LogP) is 2.35. The van der Waals surface area contributed by atoms with Gasteiger partial charge in [0.1, 0.15) is 5.82 Å². The summed E-state index contributed by atoms with van der Waals surface area (Å²) in [4.78, 5) is 4.22. The number of hydrazine groups is 1. The lowest BCUT2D eigenvalue weighted by atomic mass is 9.85. The zero-order valence-corrected chi connectivity index (χ0v) is 10.1. The summed E-state index contributed by atoms with van der Waals surface area (Å²) in [5.74, 6) is 7.81. The van der Waals surface area contributed by atoms with Gasteiger partial charge in [0.2, 0.25) is 5.88 Å². The van der Waals surface area contributed by atoms with Crippen LogP contribution in [0.4, 0.5) is 5.82 Å². The zero-order chi connectivity index (χ0) is 12.1. The first-order valence-corrected chi connectivity index (χ1v) is 6.01. The van der Waals surface area contributed by atoms with Gasteiger partial charge < -0.3 is 10.2 Å². The number of nitrogens with two attached hydrogens (primary N) is 1. The van der Waals surface area contributed by atoms with Crippen LogP contribution in [-0.2, 0) is 0 Å². The molecule has 2 unspecified atom stereocenters. The Morgan fingerprint density at radius 2 is 2.24 bits per heavy atom. The molecule has 1 aliphatic carbocycles. The fraction of sp³-hybridized carbons (Fsp3) is 0.462. The van der Waals surface area contributed by atoms with Gasteiger partial charge >= 0.3 is 0 Å². The van der Waals surface area contributed by atoms with E-state index in [1.54, 1.807) is 6.07 Å². The average molecular weight is 233 g/mol. The lowest BCUT2D eigenvalue weighted by molar-refractivity contribution is 0.193. The van der Waals surface area contributed by atoms with Gasteiger partial charge in [0.25, 0.3) is 0 Å². The van der Waals surface area contributed by atoms with Gasteiger partial charge in [-0.05, 0) is 30.7 Å². The SMILES string of the molecule is CC1CC=CCC1COc1cccc(NN)n1. The number of aromatic nitrogens is 1. The molecule has 0 spiro atoms. The van der Waals surface area contributed by atoms with Crippen LogP contribution in [0, 0.1) is 11.8 Å². The zero-order valence-electron chi connectivity index (χ0n) is 10.1. The van der Waals surface area contributed by atoms with E-state index >= 15 is 0 Å². The standard InChI is InChI=1S/C13H19N3O/c1-10-5-2-3-6-11(10)9-17-13-8-4-7-12(15-13)16-14/h2-4,7-8,10-11H,5-6,9,14H2,1H3,(H,15,16). The molecule has 0 saturated carbocycles. The van der Waals surface area contributed by atoms with Gasteiger partial charge in [-0.3, -0.25) is 0 Å². The molecule has 2 rings (SSSR count). The molecule has 4 nitrogen and oxygen atoms in total. The lowest BCUT2D eigenvalue weighted by Gasteiger charge is -2.24. The van der Waals surface area contributed by atoms with Crippen LogP contribution in [0.25, 0.3) is 0 Å². The number of allylic oxidation sites excluding steroid dienone is 2. The normalized spacial score (nSPS) is 23.4. The van der Waals surface area contributed by atoms with Crippen LogP contribution in [0.15, 0.2) is 30.4 Å². The summed E-state index contributed by atoms with van der Waals surface area (Å²) in [7, 11) is 0. The van der Waals surface area contributed by atoms with E-state index in [2.05, 4.69) is 29.5 Å². The van der Waals surface area contributed by atoms with Crippen molar-refractivity contribution in [2.45, 2.75) is 19.8 Å². The summed E-state index contributed by atoms with van der Waals surface area (Å²) < 4.78 is 5.72. The third-order valence-corrected chi connectivity index (χ3v) is 3.23. The Kier molecular flexibility index (Phi) is 3.98. The van der Waals surface area contributed by atoms with Crippen molar-refractivity contribution >= 4 is 5.82 Å². The fourth-order valence-corrected chi connectivity index (χ4v) is 2.01. The minimum Gasteiger partial charge on any atom is -0.477 e. The van der Waals surface area contributed by atoms with Gasteiger partial charge in [0.05, 0.1) is 6.61 Å².